The van der Waals surface area contributed by atoms with E-state index in [0.717, 1.165) is 12.1 Å². The molecule has 0 atom stereocenters. The summed E-state index contributed by atoms with van der Waals surface area (Å²) in [6.07, 6.45) is -5.15. The summed E-state index contributed by atoms with van der Waals surface area (Å²) in [6, 6.07) is 7.47. The van der Waals surface area contributed by atoms with Crippen molar-refractivity contribution in [2.24, 2.45) is 0 Å². The van der Waals surface area contributed by atoms with E-state index >= 15 is 0 Å². The van der Waals surface area contributed by atoms with E-state index in [1.54, 1.807) is 0 Å². The number of phenolic OH excluding ortho intramolecular Hbond substituents is 1. The second kappa shape index (κ2) is 8.37. The van der Waals surface area contributed by atoms with Gasteiger partial charge in [-0.25, -0.2) is 0 Å². The second-order valence-electron chi connectivity index (χ2n) is 5.54. The number of alkyl halides is 3. The fourth-order valence-electron chi connectivity index (χ4n) is 2.15. The van der Waals surface area contributed by atoms with E-state index in [1.165, 1.54) is 24.3 Å². The standard InChI is InChI=1S/C17H13F3N2O6/c18-17(19,20)13-8-11(22(26)27)3-6-14(13)21-15(24)9-28-16(25)7-10-1-4-12(23)5-2-10/h1-6,8,23H,7,9H2,(H,21,24). The van der Waals surface area contributed by atoms with E-state index in [4.69, 9.17) is 9.84 Å². The van der Waals surface area contributed by atoms with Crippen LogP contribution < -0.4 is 5.32 Å². The van der Waals surface area contributed by atoms with Crippen molar-refractivity contribution in [1.29, 1.82) is 0 Å². The number of carbonyl (C=O) groups is 2. The number of hydrogen-bond acceptors (Lipinski definition) is 6. The number of nitro benzene ring substituents is 1. The molecular weight excluding hydrogens is 385 g/mol. The third kappa shape index (κ3) is 5.69. The summed E-state index contributed by atoms with van der Waals surface area (Å²) in [6.45, 7) is -0.842. The number of phenols is 1. The number of ether oxygens (including phenoxy) is 1. The molecule has 2 rings (SSSR count). The number of non-ortho nitro benzene ring substituents is 1. The minimum Gasteiger partial charge on any atom is -0.508 e. The van der Waals surface area contributed by atoms with Gasteiger partial charge in [-0.1, -0.05) is 12.1 Å². The Morgan fingerprint density at radius 1 is 1.14 bits per heavy atom. The van der Waals surface area contributed by atoms with Gasteiger partial charge in [0.15, 0.2) is 6.61 Å². The number of nitrogens with one attached hydrogen (secondary N) is 1. The lowest BCUT2D eigenvalue weighted by Crippen LogP contribution is -2.23. The van der Waals surface area contributed by atoms with E-state index in [2.05, 4.69) is 0 Å². The highest BCUT2D eigenvalue weighted by atomic mass is 19.4. The highest BCUT2D eigenvalue weighted by Crippen LogP contribution is 2.37. The molecule has 0 radical (unpaired) electrons. The SMILES string of the molecule is O=C(COC(=O)Cc1ccc(O)cc1)Nc1ccc([N+](=O)[O-])cc1C(F)(F)F. The number of halogens is 3. The van der Waals surface area contributed by atoms with Gasteiger partial charge in [0.2, 0.25) is 0 Å². The third-order valence-electron chi connectivity index (χ3n) is 3.44. The number of carbonyl (C=O) groups excluding carboxylic acids is 2. The Morgan fingerprint density at radius 2 is 1.79 bits per heavy atom. The van der Waals surface area contributed by atoms with Gasteiger partial charge >= 0.3 is 12.1 Å². The number of nitro groups is 1. The molecule has 0 aromatic heterocycles. The number of rotatable bonds is 6. The van der Waals surface area contributed by atoms with Gasteiger partial charge in [-0.05, 0) is 23.8 Å². The summed E-state index contributed by atoms with van der Waals surface area (Å²) in [5, 5.41) is 21.7. The van der Waals surface area contributed by atoms with E-state index in [9.17, 15) is 32.9 Å². The summed E-state index contributed by atoms with van der Waals surface area (Å²) in [5.41, 5.74) is -2.38. The highest BCUT2D eigenvalue weighted by molar-refractivity contribution is 5.93. The highest BCUT2D eigenvalue weighted by Gasteiger charge is 2.35. The number of esters is 1. The van der Waals surface area contributed by atoms with Crippen molar-refractivity contribution in [3.63, 3.8) is 0 Å². The van der Waals surface area contributed by atoms with Crippen molar-refractivity contribution in [3.05, 3.63) is 63.7 Å². The van der Waals surface area contributed by atoms with Gasteiger partial charge in [-0.3, -0.25) is 19.7 Å². The predicted molar refractivity (Wildman–Crippen MR) is 89.5 cm³/mol. The second-order valence-corrected chi connectivity index (χ2v) is 5.54. The van der Waals surface area contributed by atoms with Crippen LogP contribution in [0.5, 0.6) is 5.75 Å². The van der Waals surface area contributed by atoms with Gasteiger partial charge in [0.25, 0.3) is 11.6 Å². The summed E-state index contributed by atoms with van der Waals surface area (Å²) >= 11 is 0. The fourth-order valence-corrected chi connectivity index (χ4v) is 2.15. The van der Waals surface area contributed by atoms with Crippen LogP contribution in [0.1, 0.15) is 11.1 Å². The van der Waals surface area contributed by atoms with Crippen LogP contribution in [0.2, 0.25) is 0 Å². The normalized spacial score (nSPS) is 11.0. The molecule has 0 unspecified atom stereocenters. The minimum atomic E-state index is -4.94. The van der Waals surface area contributed by atoms with Crippen LogP contribution in [0.4, 0.5) is 24.5 Å². The van der Waals surface area contributed by atoms with Crippen LogP contribution in [0.3, 0.4) is 0 Å². The van der Waals surface area contributed by atoms with Crippen LogP contribution in [0.15, 0.2) is 42.5 Å². The molecule has 0 aliphatic heterocycles. The van der Waals surface area contributed by atoms with E-state index in [-0.39, 0.29) is 12.2 Å². The zero-order valence-corrected chi connectivity index (χ0v) is 14.0. The van der Waals surface area contributed by atoms with Gasteiger partial charge < -0.3 is 15.2 Å². The molecule has 8 nitrogen and oxygen atoms in total. The number of aromatic hydroxyl groups is 1. The Labute approximate surface area is 155 Å². The van der Waals surface area contributed by atoms with E-state index < -0.39 is 46.5 Å². The number of benzene rings is 2. The minimum absolute atomic E-state index is 0.0000572. The van der Waals surface area contributed by atoms with Crippen LogP contribution in [-0.2, 0) is 26.9 Å². The first-order valence-electron chi connectivity index (χ1n) is 7.65. The smallest absolute Gasteiger partial charge is 0.418 e. The summed E-state index contributed by atoms with van der Waals surface area (Å²) < 4.78 is 43.8. The number of hydrogen-bond donors (Lipinski definition) is 2. The lowest BCUT2D eigenvalue weighted by molar-refractivity contribution is -0.385. The predicted octanol–water partition coefficient (Wildman–Crippen LogP) is 3.04. The molecule has 0 bridgehead atoms. The molecule has 0 saturated heterocycles. The maximum atomic E-state index is 13.0. The van der Waals surface area contributed by atoms with Crippen molar-refractivity contribution >= 4 is 23.3 Å². The van der Waals surface area contributed by atoms with Crippen LogP contribution in [0, 0.1) is 10.1 Å². The molecule has 0 aliphatic rings. The van der Waals surface area contributed by atoms with Crippen molar-refractivity contribution in [2.75, 3.05) is 11.9 Å². The molecule has 28 heavy (non-hydrogen) atoms. The van der Waals surface area contributed by atoms with Crippen LogP contribution in [0.25, 0.3) is 0 Å². The molecule has 148 valence electrons. The topological polar surface area (TPSA) is 119 Å². The summed E-state index contributed by atoms with van der Waals surface area (Å²) in [4.78, 5) is 33.1. The van der Waals surface area contributed by atoms with E-state index in [0.29, 0.717) is 11.6 Å². The average molecular weight is 398 g/mol. The maximum Gasteiger partial charge on any atom is 0.418 e. The Morgan fingerprint density at radius 3 is 2.36 bits per heavy atom. The molecule has 2 aromatic rings. The molecule has 0 heterocycles. The first kappa shape index (κ1) is 20.7. The lowest BCUT2D eigenvalue weighted by Gasteiger charge is -2.13. The van der Waals surface area contributed by atoms with Crippen molar-refractivity contribution in [2.45, 2.75) is 12.6 Å². The molecule has 0 saturated carbocycles. The van der Waals surface area contributed by atoms with Gasteiger partial charge in [-0.2, -0.15) is 13.2 Å². The lowest BCUT2D eigenvalue weighted by atomic mass is 10.1. The monoisotopic (exact) mass is 398 g/mol. The molecule has 0 spiro atoms. The zero-order valence-electron chi connectivity index (χ0n) is 14.0. The molecule has 0 fully saturated rings. The van der Waals surface area contributed by atoms with Crippen LogP contribution in [-0.4, -0.2) is 28.5 Å². The number of anilines is 1. The number of amides is 1. The summed E-state index contributed by atoms with van der Waals surface area (Å²) in [5.74, 6) is -1.85. The Bertz CT molecular complexity index is 897. The molecule has 2 aromatic carbocycles. The molecule has 1 amide bonds. The third-order valence-corrected chi connectivity index (χ3v) is 3.44. The average Bonchev–Trinajstić information content (AvgIpc) is 2.61. The maximum absolute atomic E-state index is 13.0. The largest absolute Gasteiger partial charge is 0.508 e. The van der Waals surface area contributed by atoms with Gasteiger partial charge in [0.1, 0.15) is 5.75 Å². The Kier molecular flexibility index (Phi) is 6.18. The van der Waals surface area contributed by atoms with Crippen molar-refractivity contribution in [3.8, 4) is 5.75 Å². The molecular formula is C17H13F3N2O6. The first-order chi connectivity index (χ1) is 13.1. The first-order valence-corrected chi connectivity index (χ1v) is 7.65. The Hall–Kier alpha value is -3.63. The zero-order chi connectivity index (χ0) is 20.9. The quantitative estimate of drug-likeness (QED) is 0.439. The van der Waals surface area contributed by atoms with Crippen molar-refractivity contribution < 1.29 is 37.5 Å². The van der Waals surface area contributed by atoms with Gasteiger partial charge in [0.05, 0.1) is 22.6 Å². The fraction of sp³-hybridized carbons (Fsp3) is 0.176. The Balaban J connectivity index is 1.99. The number of nitrogens with zero attached hydrogens (tertiary/aromatic N) is 1. The van der Waals surface area contributed by atoms with Gasteiger partial charge in [-0.15, -0.1) is 0 Å². The summed E-state index contributed by atoms with van der Waals surface area (Å²) in [7, 11) is 0. The molecule has 11 heteroatoms. The molecule has 2 N–H and O–H groups in total. The van der Waals surface area contributed by atoms with Gasteiger partial charge in [0, 0.05) is 12.1 Å². The van der Waals surface area contributed by atoms with Crippen LogP contribution >= 0.6 is 0 Å². The van der Waals surface area contributed by atoms with E-state index in [1.807, 2.05) is 5.32 Å². The van der Waals surface area contributed by atoms with Crippen molar-refractivity contribution in [1.82, 2.24) is 0 Å². The molecule has 0 aliphatic carbocycles.